The van der Waals surface area contributed by atoms with Crippen LogP contribution >= 0.6 is 0 Å². The van der Waals surface area contributed by atoms with Crippen LogP contribution in [0.5, 0.6) is 0 Å². The predicted octanol–water partition coefficient (Wildman–Crippen LogP) is 1.70. The molecule has 2 rings (SSSR count). The summed E-state index contributed by atoms with van der Waals surface area (Å²) in [6.07, 6.45) is 1.23. The molecule has 1 atom stereocenters. The van der Waals surface area contributed by atoms with Gasteiger partial charge in [-0.3, -0.25) is 0 Å². The van der Waals surface area contributed by atoms with E-state index in [1.807, 2.05) is 12.1 Å². The molecule has 0 amide bonds. The highest BCUT2D eigenvalue weighted by Gasteiger charge is 2.23. The van der Waals surface area contributed by atoms with E-state index < -0.39 is 0 Å². The van der Waals surface area contributed by atoms with Crippen LogP contribution in [0.25, 0.3) is 0 Å². The van der Waals surface area contributed by atoms with Gasteiger partial charge in [-0.2, -0.15) is 0 Å². The van der Waals surface area contributed by atoms with Crippen molar-refractivity contribution in [2.45, 2.75) is 12.3 Å². The maximum absolute atomic E-state index is 5.81. The van der Waals surface area contributed by atoms with Crippen molar-refractivity contribution in [1.82, 2.24) is 4.90 Å². The summed E-state index contributed by atoms with van der Waals surface area (Å²) in [5.74, 6) is 0.639. The van der Waals surface area contributed by atoms with Gasteiger partial charge in [0.25, 0.3) is 0 Å². The quantitative estimate of drug-likeness (QED) is 0.785. The van der Waals surface area contributed by atoms with Crippen molar-refractivity contribution in [2.24, 2.45) is 0 Å². The molecule has 0 aromatic heterocycles. The fourth-order valence-corrected chi connectivity index (χ4v) is 2.34. The first-order valence-corrected chi connectivity index (χ1v) is 5.86. The van der Waals surface area contributed by atoms with Crippen LogP contribution in [-0.2, 0) is 4.74 Å². The van der Waals surface area contributed by atoms with E-state index in [4.69, 9.17) is 10.5 Å². The summed E-state index contributed by atoms with van der Waals surface area (Å²) in [5.41, 5.74) is 8.05. The molecule has 1 heterocycles. The first kappa shape index (κ1) is 11.4. The van der Waals surface area contributed by atoms with E-state index in [1.54, 1.807) is 7.11 Å². The first-order valence-electron chi connectivity index (χ1n) is 5.86. The number of methoxy groups -OCH3 is 1. The van der Waals surface area contributed by atoms with Gasteiger partial charge in [0, 0.05) is 25.9 Å². The number of benzene rings is 1. The molecular formula is C13H20N2O. The van der Waals surface area contributed by atoms with Crippen molar-refractivity contribution in [2.75, 3.05) is 39.1 Å². The van der Waals surface area contributed by atoms with Gasteiger partial charge in [0.05, 0.1) is 6.61 Å². The summed E-state index contributed by atoms with van der Waals surface area (Å²) in [4.78, 5) is 2.46. The third-order valence-corrected chi connectivity index (χ3v) is 3.27. The van der Waals surface area contributed by atoms with Gasteiger partial charge in [0.15, 0.2) is 0 Å². The van der Waals surface area contributed by atoms with E-state index in [1.165, 1.54) is 18.5 Å². The minimum absolute atomic E-state index is 0.639. The van der Waals surface area contributed by atoms with Gasteiger partial charge in [-0.15, -0.1) is 0 Å². The SMILES string of the molecule is COCCN1CCC(c2cccc(N)c2)C1. The highest BCUT2D eigenvalue weighted by atomic mass is 16.5. The Kier molecular flexibility index (Phi) is 3.80. The van der Waals surface area contributed by atoms with Crippen molar-refractivity contribution in [3.8, 4) is 0 Å². The van der Waals surface area contributed by atoms with Crippen molar-refractivity contribution < 1.29 is 4.74 Å². The molecule has 3 heteroatoms. The molecule has 1 aromatic carbocycles. The van der Waals surface area contributed by atoms with E-state index in [9.17, 15) is 0 Å². The lowest BCUT2D eigenvalue weighted by molar-refractivity contribution is 0.160. The first-order chi connectivity index (χ1) is 7.79. The molecule has 1 aromatic rings. The largest absolute Gasteiger partial charge is 0.399 e. The van der Waals surface area contributed by atoms with Gasteiger partial charge >= 0.3 is 0 Å². The van der Waals surface area contributed by atoms with E-state index in [2.05, 4.69) is 17.0 Å². The number of hydrogen-bond donors (Lipinski definition) is 1. The molecule has 1 aliphatic heterocycles. The lowest BCUT2D eigenvalue weighted by atomic mass is 9.98. The standard InChI is InChI=1S/C13H20N2O/c1-16-8-7-15-6-5-12(10-15)11-3-2-4-13(14)9-11/h2-4,9,12H,5-8,10,14H2,1H3. The van der Waals surface area contributed by atoms with E-state index in [0.29, 0.717) is 5.92 Å². The number of nitrogens with zero attached hydrogens (tertiary/aromatic N) is 1. The zero-order valence-electron chi connectivity index (χ0n) is 9.86. The van der Waals surface area contributed by atoms with Crippen LogP contribution in [0.3, 0.4) is 0 Å². The Bertz CT molecular complexity index is 340. The molecule has 0 bridgehead atoms. The molecule has 16 heavy (non-hydrogen) atoms. The van der Waals surface area contributed by atoms with Crippen LogP contribution in [0.1, 0.15) is 17.9 Å². The average Bonchev–Trinajstić information content (AvgIpc) is 2.75. The van der Waals surface area contributed by atoms with Gasteiger partial charge in [-0.05, 0) is 36.6 Å². The van der Waals surface area contributed by atoms with Gasteiger partial charge < -0.3 is 15.4 Å². The molecular weight excluding hydrogens is 200 g/mol. The molecule has 1 saturated heterocycles. The van der Waals surface area contributed by atoms with Crippen LogP contribution in [0.15, 0.2) is 24.3 Å². The van der Waals surface area contributed by atoms with Crippen LogP contribution < -0.4 is 5.73 Å². The van der Waals surface area contributed by atoms with Crippen LogP contribution in [-0.4, -0.2) is 38.3 Å². The number of anilines is 1. The van der Waals surface area contributed by atoms with Crippen molar-refractivity contribution in [3.63, 3.8) is 0 Å². The fourth-order valence-electron chi connectivity index (χ4n) is 2.34. The molecule has 0 aliphatic carbocycles. The summed E-state index contributed by atoms with van der Waals surface area (Å²) in [6.45, 7) is 4.16. The molecule has 88 valence electrons. The number of likely N-dealkylation sites (tertiary alicyclic amines) is 1. The number of nitrogens with two attached hydrogens (primary N) is 1. The maximum Gasteiger partial charge on any atom is 0.0589 e. The van der Waals surface area contributed by atoms with Crippen molar-refractivity contribution in [1.29, 1.82) is 0 Å². The third-order valence-electron chi connectivity index (χ3n) is 3.27. The molecule has 0 saturated carbocycles. The molecule has 1 fully saturated rings. The molecule has 3 nitrogen and oxygen atoms in total. The third kappa shape index (κ3) is 2.74. The lowest BCUT2D eigenvalue weighted by Crippen LogP contribution is -2.24. The molecule has 0 radical (unpaired) electrons. The molecule has 2 N–H and O–H groups in total. The van der Waals surface area contributed by atoms with Crippen molar-refractivity contribution in [3.05, 3.63) is 29.8 Å². The predicted molar refractivity (Wildman–Crippen MR) is 66.5 cm³/mol. The second-order valence-electron chi connectivity index (χ2n) is 4.45. The van der Waals surface area contributed by atoms with Crippen LogP contribution in [0.2, 0.25) is 0 Å². The van der Waals surface area contributed by atoms with Gasteiger partial charge in [0.2, 0.25) is 0 Å². The number of rotatable bonds is 4. The number of hydrogen-bond acceptors (Lipinski definition) is 3. The van der Waals surface area contributed by atoms with Gasteiger partial charge in [0.1, 0.15) is 0 Å². The Morgan fingerprint density at radius 2 is 2.38 bits per heavy atom. The minimum Gasteiger partial charge on any atom is -0.399 e. The Morgan fingerprint density at radius 3 is 3.12 bits per heavy atom. The highest BCUT2D eigenvalue weighted by Crippen LogP contribution is 2.27. The van der Waals surface area contributed by atoms with E-state index in [0.717, 1.165) is 25.4 Å². The zero-order valence-corrected chi connectivity index (χ0v) is 9.86. The zero-order chi connectivity index (χ0) is 11.4. The topological polar surface area (TPSA) is 38.5 Å². The monoisotopic (exact) mass is 220 g/mol. The second kappa shape index (κ2) is 5.32. The van der Waals surface area contributed by atoms with E-state index >= 15 is 0 Å². The number of ether oxygens (including phenoxy) is 1. The smallest absolute Gasteiger partial charge is 0.0589 e. The molecule has 1 aliphatic rings. The lowest BCUT2D eigenvalue weighted by Gasteiger charge is -2.15. The van der Waals surface area contributed by atoms with Crippen LogP contribution in [0, 0.1) is 0 Å². The van der Waals surface area contributed by atoms with E-state index in [-0.39, 0.29) is 0 Å². The van der Waals surface area contributed by atoms with Gasteiger partial charge in [-0.25, -0.2) is 0 Å². The highest BCUT2D eigenvalue weighted by molar-refractivity contribution is 5.42. The Hall–Kier alpha value is -1.06. The summed E-state index contributed by atoms with van der Waals surface area (Å²) < 4.78 is 5.10. The summed E-state index contributed by atoms with van der Waals surface area (Å²) in [7, 11) is 1.76. The number of nitrogen functional groups attached to an aromatic ring is 1. The average molecular weight is 220 g/mol. The summed E-state index contributed by atoms with van der Waals surface area (Å²) in [6, 6.07) is 8.27. The Labute approximate surface area is 97.2 Å². The van der Waals surface area contributed by atoms with Crippen molar-refractivity contribution >= 4 is 5.69 Å². The Balaban J connectivity index is 1.93. The normalized spacial score (nSPS) is 21.4. The molecule has 1 unspecified atom stereocenters. The summed E-state index contributed by atoms with van der Waals surface area (Å²) >= 11 is 0. The summed E-state index contributed by atoms with van der Waals surface area (Å²) in [5, 5.41) is 0. The molecule has 0 spiro atoms. The Morgan fingerprint density at radius 1 is 1.50 bits per heavy atom. The maximum atomic E-state index is 5.81. The van der Waals surface area contributed by atoms with Crippen LogP contribution in [0.4, 0.5) is 5.69 Å². The second-order valence-corrected chi connectivity index (χ2v) is 4.45. The van der Waals surface area contributed by atoms with Gasteiger partial charge in [-0.1, -0.05) is 12.1 Å². The fraction of sp³-hybridized carbons (Fsp3) is 0.538. The minimum atomic E-state index is 0.639.